The van der Waals surface area contributed by atoms with Crippen LogP contribution in [-0.4, -0.2) is 23.9 Å². The van der Waals surface area contributed by atoms with Gasteiger partial charge in [0.2, 0.25) is 0 Å². The van der Waals surface area contributed by atoms with Gasteiger partial charge in [-0.25, -0.2) is 0 Å². The highest BCUT2D eigenvalue weighted by Crippen LogP contribution is 2.30. The van der Waals surface area contributed by atoms with E-state index in [9.17, 15) is 19.7 Å². The van der Waals surface area contributed by atoms with Gasteiger partial charge in [-0.2, -0.15) is 0 Å². The number of hydrogen-bond donors (Lipinski definition) is 1. The Morgan fingerprint density at radius 3 is 2.54 bits per heavy atom. The standard InChI is InChI=1S/C17H15ClN2O6/c1-3-16(21)26-14-7-4-10(8-15(14)25-2)17(22)19-13-9-11(20(23)24)5-6-12(13)18/h4-9H,3H2,1-2H3,(H,19,22). The molecule has 0 fully saturated rings. The van der Waals surface area contributed by atoms with Crippen LogP contribution in [0, 0.1) is 10.1 Å². The average molecular weight is 379 g/mol. The van der Waals surface area contributed by atoms with Gasteiger partial charge in [0.1, 0.15) is 0 Å². The van der Waals surface area contributed by atoms with Crippen LogP contribution < -0.4 is 14.8 Å². The van der Waals surface area contributed by atoms with Gasteiger partial charge in [-0.3, -0.25) is 19.7 Å². The highest BCUT2D eigenvalue weighted by Gasteiger charge is 2.16. The minimum Gasteiger partial charge on any atom is -0.493 e. The molecule has 0 radical (unpaired) electrons. The Kier molecular flexibility index (Phi) is 6.13. The van der Waals surface area contributed by atoms with E-state index in [0.717, 1.165) is 6.07 Å². The summed E-state index contributed by atoms with van der Waals surface area (Å²) in [6, 6.07) is 7.96. The fraction of sp³-hybridized carbons (Fsp3) is 0.176. The summed E-state index contributed by atoms with van der Waals surface area (Å²) in [7, 11) is 1.37. The molecular formula is C17H15ClN2O6. The number of anilines is 1. The molecule has 0 unspecified atom stereocenters. The predicted octanol–water partition coefficient (Wildman–Crippen LogP) is 3.82. The van der Waals surface area contributed by atoms with E-state index < -0.39 is 16.8 Å². The van der Waals surface area contributed by atoms with Crippen LogP contribution in [0.25, 0.3) is 0 Å². The summed E-state index contributed by atoms with van der Waals surface area (Å²) in [5.41, 5.74) is 0.0937. The summed E-state index contributed by atoms with van der Waals surface area (Å²) in [6.45, 7) is 1.65. The third kappa shape index (κ3) is 4.48. The zero-order chi connectivity index (χ0) is 19.3. The summed E-state index contributed by atoms with van der Waals surface area (Å²) in [6.07, 6.45) is 0.191. The van der Waals surface area contributed by atoms with Crippen LogP contribution in [0.2, 0.25) is 5.02 Å². The average Bonchev–Trinajstić information content (AvgIpc) is 2.63. The SMILES string of the molecule is CCC(=O)Oc1ccc(C(=O)Nc2cc([N+](=O)[O-])ccc2Cl)cc1OC. The summed E-state index contributed by atoms with van der Waals surface area (Å²) < 4.78 is 10.2. The number of carbonyl (C=O) groups excluding carboxylic acids is 2. The molecule has 2 aromatic carbocycles. The van der Waals surface area contributed by atoms with E-state index in [-0.39, 0.29) is 39.9 Å². The number of ether oxygens (including phenoxy) is 2. The van der Waals surface area contributed by atoms with E-state index in [4.69, 9.17) is 21.1 Å². The van der Waals surface area contributed by atoms with Gasteiger partial charge in [0.05, 0.1) is 22.7 Å². The molecule has 0 aliphatic heterocycles. The molecule has 0 saturated carbocycles. The Bertz CT molecular complexity index is 868. The number of nitro groups is 1. The largest absolute Gasteiger partial charge is 0.493 e. The van der Waals surface area contributed by atoms with Gasteiger partial charge < -0.3 is 14.8 Å². The zero-order valence-electron chi connectivity index (χ0n) is 13.9. The number of carbonyl (C=O) groups is 2. The lowest BCUT2D eigenvalue weighted by atomic mass is 10.1. The summed E-state index contributed by atoms with van der Waals surface area (Å²) in [4.78, 5) is 34.1. The second kappa shape index (κ2) is 8.30. The quantitative estimate of drug-likeness (QED) is 0.354. The number of methoxy groups -OCH3 is 1. The number of non-ortho nitro benzene ring substituents is 1. The van der Waals surface area contributed by atoms with Crippen molar-refractivity contribution in [1.82, 2.24) is 0 Å². The minimum absolute atomic E-state index is 0.103. The molecule has 9 heteroatoms. The van der Waals surface area contributed by atoms with E-state index in [2.05, 4.69) is 5.32 Å². The van der Waals surface area contributed by atoms with Gasteiger partial charge in [-0.15, -0.1) is 0 Å². The van der Waals surface area contributed by atoms with Gasteiger partial charge >= 0.3 is 5.97 Å². The number of rotatable bonds is 6. The van der Waals surface area contributed by atoms with Gasteiger partial charge in [0.15, 0.2) is 11.5 Å². The Hall–Kier alpha value is -3.13. The Balaban J connectivity index is 2.26. The van der Waals surface area contributed by atoms with E-state index >= 15 is 0 Å². The number of benzene rings is 2. The molecule has 1 amide bonds. The molecule has 0 heterocycles. The van der Waals surface area contributed by atoms with Crippen molar-refractivity contribution in [3.63, 3.8) is 0 Å². The molecule has 26 heavy (non-hydrogen) atoms. The van der Waals surface area contributed by atoms with Crippen molar-refractivity contribution >= 4 is 34.9 Å². The smallest absolute Gasteiger partial charge is 0.311 e. The van der Waals surface area contributed by atoms with Crippen molar-refractivity contribution in [2.45, 2.75) is 13.3 Å². The summed E-state index contributed by atoms with van der Waals surface area (Å²) in [5.74, 6) is -0.614. The molecule has 0 atom stereocenters. The van der Waals surface area contributed by atoms with Crippen LogP contribution in [0.5, 0.6) is 11.5 Å². The number of nitrogens with zero attached hydrogens (tertiary/aromatic N) is 1. The van der Waals surface area contributed by atoms with Gasteiger partial charge in [0, 0.05) is 24.1 Å². The maximum Gasteiger partial charge on any atom is 0.311 e. The van der Waals surface area contributed by atoms with Crippen LogP contribution in [0.15, 0.2) is 36.4 Å². The first-order valence-electron chi connectivity index (χ1n) is 7.49. The summed E-state index contributed by atoms with van der Waals surface area (Å²) in [5, 5.41) is 13.5. The number of nitrogens with one attached hydrogen (secondary N) is 1. The monoisotopic (exact) mass is 378 g/mol. The van der Waals surface area contributed by atoms with Crippen LogP contribution >= 0.6 is 11.6 Å². The van der Waals surface area contributed by atoms with Crippen LogP contribution in [0.3, 0.4) is 0 Å². The molecule has 2 rings (SSSR count). The third-order valence-corrected chi connectivity index (χ3v) is 3.68. The lowest BCUT2D eigenvalue weighted by Gasteiger charge is -2.11. The first kappa shape index (κ1) is 19.2. The second-order valence-electron chi connectivity index (χ2n) is 5.07. The number of esters is 1. The highest BCUT2D eigenvalue weighted by molar-refractivity contribution is 6.34. The van der Waals surface area contributed by atoms with Crippen LogP contribution in [0.1, 0.15) is 23.7 Å². The van der Waals surface area contributed by atoms with Gasteiger partial charge in [-0.1, -0.05) is 18.5 Å². The number of amides is 1. The van der Waals surface area contributed by atoms with Crippen molar-refractivity contribution in [3.05, 3.63) is 57.1 Å². The molecular weight excluding hydrogens is 364 g/mol. The molecule has 8 nitrogen and oxygen atoms in total. The maximum absolute atomic E-state index is 12.4. The predicted molar refractivity (Wildman–Crippen MR) is 95.0 cm³/mol. The van der Waals surface area contributed by atoms with Gasteiger partial charge in [-0.05, 0) is 24.3 Å². The molecule has 136 valence electrons. The highest BCUT2D eigenvalue weighted by atomic mass is 35.5. The number of hydrogen-bond acceptors (Lipinski definition) is 6. The van der Waals surface area contributed by atoms with E-state index in [1.807, 2.05) is 0 Å². The fourth-order valence-electron chi connectivity index (χ4n) is 2.01. The normalized spacial score (nSPS) is 10.1. The third-order valence-electron chi connectivity index (χ3n) is 3.35. The number of nitro benzene ring substituents is 1. The van der Waals surface area contributed by atoms with Crippen molar-refractivity contribution in [2.24, 2.45) is 0 Å². The van der Waals surface area contributed by atoms with Crippen molar-refractivity contribution in [1.29, 1.82) is 0 Å². The van der Waals surface area contributed by atoms with Crippen LogP contribution in [-0.2, 0) is 4.79 Å². The first-order valence-corrected chi connectivity index (χ1v) is 7.87. The second-order valence-corrected chi connectivity index (χ2v) is 5.48. The minimum atomic E-state index is -0.591. The van der Waals surface area contributed by atoms with Gasteiger partial charge in [0.25, 0.3) is 11.6 Å². The van der Waals surface area contributed by atoms with Crippen molar-refractivity contribution in [2.75, 3.05) is 12.4 Å². The Morgan fingerprint density at radius 2 is 1.92 bits per heavy atom. The van der Waals surface area contributed by atoms with Crippen molar-refractivity contribution < 1.29 is 24.0 Å². The molecule has 0 bridgehead atoms. The molecule has 0 aliphatic rings. The van der Waals surface area contributed by atoms with E-state index in [1.165, 1.54) is 37.4 Å². The number of halogens is 1. The molecule has 0 aliphatic carbocycles. The van der Waals surface area contributed by atoms with E-state index in [1.54, 1.807) is 6.92 Å². The molecule has 2 aromatic rings. The molecule has 1 N–H and O–H groups in total. The lowest BCUT2D eigenvalue weighted by Crippen LogP contribution is -2.13. The topological polar surface area (TPSA) is 108 Å². The van der Waals surface area contributed by atoms with Crippen molar-refractivity contribution in [3.8, 4) is 11.5 Å². The molecule has 0 spiro atoms. The summed E-state index contributed by atoms with van der Waals surface area (Å²) >= 11 is 5.97. The Morgan fingerprint density at radius 1 is 1.19 bits per heavy atom. The molecule has 0 saturated heterocycles. The first-order chi connectivity index (χ1) is 12.3. The lowest BCUT2D eigenvalue weighted by molar-refractivity contribution is -0.384. The van der Waals surface area contributed by atoms with Crippen LogP contribution in [0.4, 0.5) is 11.4 Å². The fourth-order valence-corrected chi connectivity index (χ4v) is 2.17. The maximum atomic E-state index is 12.4. The zero-order valence-corrected chi connectivity index (χ0v) is 14.7. The Labute approximate surface area is 153 Å². The molecule has 0 aromatic heterocycles. The van der Waals surface area contributed by atoms with E-state index in [0.29, 0.717) is 0 Å².